The summed E-state index contributed by atoms with van der Waals surface area (Å²) in [6.07, 6.45) is 1.87. The van der Waals surface area contributed by atoms with Crippen LogP contribution in [0.2, 0.25) is 0 Å². The van der Waals surface area contributed by atoms with Crippen LogP contribution in [0.5, 0.6) is 0 Å². The van der Waals surface area contributed by atoms with E-state index >= 15 is 0 Å². The summed E-state index contributed by atoms with van der Waals surface area (Å²) in [6, 6.07) is 0. The number of rotatable bonds is 1. The van der Waals surface area contributed by atoms with Gasteiger partial charge in [-0.3, -0.25) is 0 Å². The van der Waals surface area contributed by atoms with E-state index in [1.807, 2.05) is 13.8 Å². The molecule has 0 aliphatic carbocycles. The fraction of sp³-hybridized carbons (Fsp3) is 1.00. The van der Waals surface area contributed by atoms with Gasteiger partial charge in [-0.2, -0.15) is 0 Å². The molecule has 0 radical (unpaired) electrons. The van der Waals surface area contributed by atoms with Crippen LogP contribution in [-0.4, -0.2) is 19.4 Å². The summed E-state index contributed by atoms with van der Waals surface area (Å²) < 4.78 is 23.7. The van der Waals surface area contributed by atoms with Crippen LogP contribution in [0.3, 0.4) is 0 Å². The van der Waals surface area contributed by atoms with Gasteiger partial charge in [-0.15, -0.1) is 0 Å². The first-order valence-electron chi connectivity index (χ1n) is 4.99. The molecule has 0 aromatic rings. The van der Waals surface area contributed by atoms with Crippen LogP contribution in [0, 0.1) is 11.3 Å². The molecule has 0 aromatic carbocycles. The maximum absolute atomic E-state index is 11.8. The van der Waals surface area contributed by atoms with Crippen LogP contribution in [0.25, 0.3) is 0 Å². The highest BCUT2D eigenvalue weighted by atomic mass is 32.2. The highest BCUT2D eigenvalue weighted by Gasteiger charge is 2.43. The first-order valence-corrected chi connectivity index (χ1v) is 6.70. The molecular weight excluding hydrogens is 184 g/mol. The van der Waals surface area contributed by atoms with Crippen molar-refractivity contribution in [1.82, 2.24) is 0 Å². The Labute approximate surface area is 81.6 Å². The van der Waals surface area contributed by atoms with E-state index in [1.54, 1.807) is 0 Å². The van der Waals surface area contributed by atoms with Gasteiger partial charge in [0, 0.05) is 0 Å². The van der Waals surface area contributed by atoms with E-state index in [2.05, 4.69) is 13.8 Å². The predicted octanol–water partition coefficient (Wildman–Crippen LogP) is 2.25. The Morgan fingerprint density at radius 3 is 2.15 bits per heavy atom. The molecule has 13 heavy (non-hydrogen) atoms. The molecule has 0 N–H and O–H groups in total. The van der Waals surface area contributed by atoms with Crippen molar-refractivity contribution >= 4 is 9.84 Å². The second kappa shape index (κ2) is 3.26. The van der Waals surface area contributed by atoms with E-state index in [-0.39, 0.29) is 16.6 Å². The van der Waals surface area contributed by atoms with Gasteiger partial charge >= 0.3 is 0 Å². The third-order valence-corrected chi connectivity index (χ3v) is 5.83. The van der Waals surface area contributed by atoms with Crippen molar-refractivity contribution in [2.75, 3.05) is 5.75 Å². The Morgan fingerprint density at radius 1 is 1.31 bits per heavy atom. The van der Waals surface area contributed by atoms with E-state index < -0.39 is 9.84 Å². The largest absolute Gasteiger partial charge is 0.229 e. The van der Waals surface area contributed by atoms with Crippen LogP contribution in [0.4, 0.5) is 0 Å². The van der Waals surface area contributed by atoms with Crippen molar-refractivity contribution in [3.8, 4) is 0 Å². The molecule has 0 aromatic heterocycles. The quantitative estimate of drug-likeness (QED) is 0.656. The molecule has 0 spiro atoms. The van der Waals surface area contributed by atoms with Crippen molar-refractivity contribution in [3.63, 3.8) is 0 Å². The minimum Gasteiger partial charge on any atom is -0.229 e. The monoisotopic (exact) mass is 204 g/mol. The fourth-order valence-corrected chi connectivity index (χ4v) is 5.52. The zero-order chi connectivity index (χ0) is 10.3. The standard InChI is InChI=1S/C10H20O2S/c1-8(2)9-10(3,4)6-5-7-13(9,11)12/h8-9H,5-7H2,1-4H3. The Morgan fingerprint density at radius 2 is 1.85 bits per heavy atom. The van der Waals surface area contributed by atoms with E-state index in [4.69, 9.17) is 0 Å². The van der Waals surface area contributed by atoms with E-state index in [9.17, 15) is 8.42 Å². The molecule has 1 aliphatic rings. The number of hydrogen-bond donors (Lipinski definition) is 0. The molecular formula is C10H20O2S. The average Bonchev–Trinajstić information content (AvgIpc) is 1.79. The van der Waals surface area contributed by atoms with Crippen molar-refractivity contribution in [2.45, 2.75) is 45.8 Å². The fourth-order valence-electron chi connectivity index (χ4n) is 2.80. The molecule has 1 fully saturated rings. The highest BCUT2D eigenvalue weighted by Crippen LogP contribution is 2.40. The average molecular weight is 204 g/mol. The topological polar surface area (TPSA) is 34.1 Å². The van der Waals surface area contributed by atoms with Gasteiger partial charge in [-0.1, -0.05) is 27.7 Å². The lowest BCUT2D eigenvalue weighted by molar-refractivity contribution is 0.253. The molecule has 1 aliphatic heterocycles. The van der Waals surface area contributed by atoms with E-state index in [1.165, 1.54) is 0 Å². The van der Waals surface area contributed by atoms with Gasteiger partial charge in [0.2, 0.25) is 0 Å². The van der Waals surface area contributed by atoms with Crippen molar-refractivity contribution < 1.29 is 8.42 Å². The summed E-state index contributed by atoms with van der Waals surface area (Å²) in [7, 11) is -2.83. The lowest BCUT2D eigenvalue weighted by Gasteiger charge is -2.40. The molecule has 0 amide bonds. The Kier molecular flexibility index (Phi) is 2.77. The third kappa shape index (κ3) is 2.06. The molecule has 1 unspecified atom stereocenters. The Hall–Kier alpha value is -0.0500. The van der Waals surface area contributed by atoms with Crippen LogP contribution in [0.1, 0.15) is 40.5 Å². The van der Waals surface area contributed by atoms with Crippen molar-refractivity contribution in [1.29, 1.82) is 0 Å². The molecule has 0 bridgehead atoms. The molecule has 0 saturated carbocycles. The maximum atomic E-state index is 11.8. The molecule has 1 heterocycles. The molecule has 1 rings (SSSR count). The normalized spacial score (nSPS) is 31.9. The lowest BCUT2D eigenvalue weighted by Crippen LogP contribution is -2.45. The van der Waals surface area contributed by atoms with Crippen molar-refractivity contribution in [2.24, 2.45) is 11.3 Å². The van der Waals surface area contributed by atoms with Gasteiger partial charge in [0.1, 0.15) is 0 Å². The van der Waals surface area contributed by atoms with Crippen LogP contribution < -0.4 is 0 Å². The lowest BCUT2D eigenvalue weighted by atomic mass is 9.79. The van der Waals surface area contributed by atoms with Gasteiger partial charge in [0.05, 0.1) is 11.0 Å². The molecule has 78 valence electrons. The summed E-state index contributed by atoms with van der Waals surface area (Å²) in [5, 5.41) is -0.145. The third-order valence-electron chi connectivity index (χ3n) is 3.01. The maximum Gasteiger partial charge on any atom is 0.153 e. The molecule has 2 nitrogen and oxygen atoms in total. The summed E-state index contributed by atoms with van der Waals surface area (Å²) in [5.41, 5.74) is -0.0365. The summed E-state index contributed by atoms with van der Waals surface area (Å²) >= 11 is 0. The van der Waals surface area contributed by atoms with Crippen LogP contribution >= 0.6 is 0 Å². The smallest absolute Gasteiger partial charge is 0.153 e. The van der Waals surface area contributed by atoms with Gasteiger partial charge in [-0.05, 0) is 24.2 Å². The minimum atomic E-state index is -2.83. The second-order valence-electron chi connectivity index (χ2n) is 5.12. The highest BCUT2D eigenvalue weighted by molar-refractivity contribution is 7.92. The zero-order valence-corrected chi connectivity index (χ0v) is 9.82. The molecule has 1 saturated heterocycles. The second-order valence-corrected chi connectivity index (χ2v) is 7.37. The van der Waals surface area contributed by atoms with Gasteiger partial charge in [-0.25, -0.2) is 8.42 Å². The molecule has 3 heteroatoms. The Bertz CT molecular complexity index is 275. The predicted molar refractivity (Wildman–Crippen MR) is 55.4 cm³/mol. The van der Waals surface area contributed by atoms with Crippen LogP contribution in [-0.2, 0) is 9.84 Å². The summed E-state index contributed by atoms with van der Waals surface area (Å²) in [5.74, 6) is 0.625. The van der Waals surface area contributed by atoms with E-state index in [0.29, 0.717) is 5.75 Å². The van der Waals surface area contributed by atoms with Gasteiger partial charge in [0.15, 0.2) is 9.84 Å². The summed E-state index contributed by atoms with van der Waals surface area (Å²) in [6.45, 7) is 8.17. The first-order chi connectivity index (χ1) is 5.77. The Balaban J connectivity index is 3.05. The number of hydrogen-bond acceptors (Lipinski definition) is 2. The zero-order valence-electron chi connectivity index (χ0n) is 9.00. The summed E-state index contributed by atoms with van der Waals surface area (Å²) in [4.78, 5) is 0. The first kappa shape index (κ1) is 11.0. The minimum absolute atomic E-state index is 0.0365. The van der Waals surface area contributed by atoms with Crippen molar-refractivity contribution in [3.05, 3.63) is 0 Å². The van der Waals surface area contributed by atoms with E-state index in [0.717, 1.165) is 12.8 Å². The SMILES string of the molecule is CC(C)C1C(C)(C)CCCS1(=O)=O. The molecule has 1 atom stereocenters. The van der Waals surface area contributed by atoms with Gasteiger partial charge < -0.3 is 0 Å². The van der Waals surface area contributed by atoms with Gasteiger partial charge in [0.25, 0.3) is 0 Å². The van der Waals surface area contributed by atoms with Crippen LogP contribution in [0.15, 0.2) is 0 Å². The number of sulfone groups is 1.